The van der Waals surface area contributed by atoms with Crippen molar-refractivity contribution in [2.75, 3.05) is 51.0 Å². The van der Waals surface area contributed by atoms with Crippen molar-refractivity contribution in [2.45, 2.75) is 13.1 Å². The van der Waals surface area contributed by atoms with Gasteiger partial charge in [0.15, 0.2) is 11.4 Å². The van der Waals surface area contributed by atoms with Crippen LogP contribution in [-0.4, -0.2) is 109 Å². The second-order valence-corrected chi connectivity index (χ2v) is 18.6. The maximum Gasteiger partial charge on any atom is 0.409 e. The Balaban J connectivity index is 0.000000161. The van der Waals surface area contributed by atoms with E-state index in [1.807, 2.05) is 131 Å². The van der Waals surface area contributed by atoms with Gasteiger partial charge in [-0.3, -0.25) is 28.5 Å². The molecule has 4 aromatic heterocycles. The molecule has 2 fully saturated rings. The Bertz CT molecular complexity index is 3960. The highest BCUT2D eigenvalue weighted by molar-refractivity contribution is 6.61. The molecule has 0 aliphatic carbocycles. The van der Waals surface area contributed by atoms with Gasteiger partial charge in [0.25, 0.3) is 22.9 Å². The summed E-state index contributed by atoms with van der Waals surface area (Å²) in [7, 11) is 2.59. The average Bonchev–Trinajstić information content (AvgIpc) is 4.06. The molecule has 0 saturated carbocycles. The maximum absolute atomic E-state index is 13.2. The van der Waals surface area contributed by atoms with E-state index in [0.717, 1.165) is 63.3 Å². The number of hydrogen-bond acceptors (Lipinski definition) is 13. The lowest BCUT2D eigenvalue weighted by atomic mass is 10.0. The first-order valence-electron chi connectivity index (χ1n) is 24.4. The number of methoxy groups -OCH3 is 2. The molecule has 0 atom stereocenters. The van der Waals surface area contributed by atoms with Crippen molar-refractivity contribution in [2.24, 2.45) is 11.8 Å². The highest BCUT2D eigenvalue weighted by Crippen LogP contribution is 2.29. The fraction of sp³-hybridized carbons (Fsp3) is 0.179. The lowest BCUT2D eigenvalue weighted by Gasteiger charge is -2.37. The fourth-order valence-corrected chi connectivity index (χ4v) is 9.27. The van der Waals surface area contributed by atoms with Crippen LogP contribution >= 0.6 is 11.6 Å². The summed E-state index contributed by atoms with van der Waals surface area (Å²) in [5.41, 5.74) is 5.61. The van der Waals surface area contributed by atoms with Crippen LogP contribution in [0, 0.1) is 11.8 Å². The van der Waals surface area contributed by atoms with Gasteiger partial charge in [0, 0.05) is 107 Å². The zero-order valence-electron chi connectivity index (χ0n) is 41.5. The monoisotopic (exact) mass is 1050 g/mol. The number of H-pyrrole nitrogens is 2. The molecule has 21 heteroatoms. The first-order chi connectivity index (χ1) is 37.5. The van der Waals surface area contributed by atoms with Crippen LogP contribution in [0.5, 0.6) is 0 Å². The molecule has 0 radical (unpaired) electrons. The molecule has 12 rings (SSSR count). The SMILES string of the molecule is COC(=O)Cl.COC(=O)N1CC(Cn2nc(C(=O)Nc3ccc(-c4n[nH]c(=O)c5ccccc45)cc3)c3ccccc32)C1.O=C(Nc1ccc(-c2n[nH]c(=O)c3ccccc23)cc1)c1nn(CC2CNC2)c2ccccc12. The number of aromatic amines is 2. The summed E-state index contributed by atoms with van der Waals surface area (Å²) in [5, 5.41) is 36.3. The van der Waals surface area contributed by atoms with E-state index in [4.69, 9.17) is 4.74 Å². The number of carbonyl (C=O) groups is 4. The molecular weight excluding hydrogens is 1000 g/mol. The third kappa shape index (κ3) is 11.0. The Morgan fingerprint density at radius 2 is 0.935 bits per heavy atom. The van der Waals surface area contributed by atoms with Crippen LogP contribution in [0.1, 0.15) is 21.0 Å². The molecule has 2 aliphatic heterocycles. The standard InChI is InChI=1S/C28H24N6O4.C26H22N6O2.C2H3ClO2/c1-38-28(37)33-14-17(15-33)16-34-23-9-5-4-8-22(23)25(32-34)27(36)29-19-12-10-18(11-13-19)24-20-6-2-3-7-21(20)26(35)31-30-24;33-25-20-6-2-1-5-19(20)23(29-30-25)17-9-11-18(12-10-17)28-26(34)24-21-7-3-4-8-22(21)32(31-24)15-16-13-27-14-16;1-5-2(3)4/h2-13,17H,14-16H2,1H3,(H,29,36)(H,31,35);1-12,16,27H,13-15H2,(H,28,34)(H,30,33);1H3. The van der Waals surface area contributed by atoms with Crippen molar-refractivity contribution in [1.29, 1.82) is 0 Å². The largest absolute Gasteiger partial charge is 0.457 e. The number of benzene rings is 6. The van der Waals surface area contributed by atoms with E-state index in [1.165, 1.54) is 14.2 Å². The quantitative estimate of drug-likeness (QED) is 0.0810. The number of likely N-dealkylation sites (tertiary alicyclic amines) is 1. The molecule has 2 aliphatic rings. The Labute approximate surface area is 442 Å². The summed E-state index contributed by atoms with van der Waals surface area (Å²) in [6, 6.07) is 44.8. The highest BCUT2D eigenvalue weighted by atomic mass is 35.5. The van der Waals surface area contributed by atoms with Gasteiger partial charge in [-0.2, -0.15) is 20.4 Å². The van der Waals surface area contributed by atoms with Gasteiger partial charge in [-0.15, -0.1) is 0 Å². The summed E-state index contributed by atoms with van der Waals surface area (Å²) in [6.45, 7) is 4.51. The topological polar surface area (TPSA) is 253 Å². The zero-order valence-corrected chi connectivity index (χ0v) is 42.3. The van der Waals surface area contributed by atoms with E-state index >= 15 is 0 Å². The Hall–Kier alpha value is -9.53. The minimum atomic E-state index is -0.773. The normalized spacial score (nSPS) is 13.2. The van der Waals surface area contributed by atoms with Crippen LogP contribution in [0.15, 0.2) is 155 Å². The molecular formula is C56H49ClN12O8. The summed E-state index contributed by atoms with van der Waals surface area (Å²) in [4.78, 5) is 73.2. The van der Waals surface area contributed by atoms with Crippen LogP contribution < -0.4 is 27.1 Å². The molecule has 5 N–H and O–H groups in total. The second kappa shape index (κ2) is 22.5. The number of fused-ring (bicyclic) bond motifs is 4. The molecule has 77 heavy (non-hydrogen) atoms. The van der Waals surface area contributed by atoms with Crippen molar-refractivity contribution in [3.8, 4) is 22.5 Å². The first-order valence-corrected chi connectivity index (χ1v) is 24.8. The number of carbonyl (C=O) groups excluding carboxylic acids is 4. The van der Waals surface area contributed by atoms with Gasteiger partial charge < -0.3 is 30.3 Å². The minimum Gasteiger partial charge on any atom is -0.457 e. The van der Waals surface area contributed by atoms with Gasteiger partial charge in [0.2, 0.25) is 0 Å². The van der Waals surface area contributed by atoms with Gasteiger partial charge >= 0.3 is 11.5 Å². The molecule has 6 heterocycles. The number of amides is 3. The molecule has 0 bridgehead atoms. The number of hydrogen-bond donors (Lipinski definition) is 5. The van der Waals surface area contributed by atoms with Crippen molar-refractivity contribution >= 4 is 89.7 Å². The van der Waals surface area contributed by atoms with E-state index in [2.05, 4.69) is 62.9 Å². The lowest BCUT2D eigenvalue weighted by Crippen LogP contribution is -2.51. The summed E-state index contributed by atoms with van der Waals surface area (Å²) < 4.78 is 12.4. The zero-order chi connectivity index (χ0) is 53.6. The van der Waals surface area contributed by atoms with E-state index in [0.29, 0.717) is 70.5 Å². The number of para-hydroxylation sites is 2. The molecule has 2 saturated heterocycles. The van der Waals surface area contributed by atoms with E-state index in [1.54, 1.807) is 29.2 Å². The van der Waals surface area contributed by atoms with Gasteiger partial charge in [-0.1, -0.05) is 97.1 Å². The predicted octanol–water partition coefficient (Wildman–Crippen LogP) is 8.29. The van der Waals surface area contributed by atoms with Crippen LogP contribution in [-0.2, 0) is 22.6 Å². The van der Waals surface area contributed by atoms with Crippen LogP contribution in [0.2, 0.25) is 0 Å². The van der Waals surface area contributed by atoms with Crippen molar-refractivity contribution in [3.63, 3.8) is 0 Å². The number of nitrogens with one attached hydrogen (secondary N) is 5. The lowest BCUT2D eigenvalue weighted by molar-refractivity contribution is 0.0608. The third-order valence-electron chi connectivity index (χ3n) is 13.2. The van der Waals surface area contributed by atoms with Crippen LogP contribution in [0.3, 0.4) is 0 Å². The minimum absolute atomic E-state index is 0.219. The first kappa shape index (κ1) is 51.0. The number of anilines is 2. The van der Waals surface area contributed by atoms with Gasteiger partial charge in [0.05, 0.1) is 47.4 Å². The van der Waals surface area contributed by atoms with Crippen LogP contribution in [0.25, 0.3) is 65.9 Å². The van der Waals surface area contributed by atoms with Gasteiger partial charge in [0.1, 0.15) is 0 Å². The van der Waals surface area contributed by atoms with Gasteiger partial charge in [-0.05, 0) is 48.5 Å². The van der Waals surface area contributed by atoms with E-state index in [-0.39, 0.29) is 34.9 Å². The molecule has 3 amide bonds. The molecule has 20 nitrogen and oxygen atoms in total. The fourth-order valence-electron chi connectivity index (χ4n) is 9.27. The van der Waals surface area contributed by atoms with Crippen molar-refractivity contribution < 1.29 is 28.7 Å². The number of rotatable bonds is 10. The molecule has 0 unspecified atom stereocenters. The maximum atomic E-state index is 13.2. The Morgan fingerprint density at radius 1 is 0.545 bits per heavy atom. The highest BCUT2D eigenvalue weighted by Gasteiger charge is 2.32. The van der Waals surface area contributed by atoms with E-state index in [9.17, 15) is 28.8 Å². The molecule has 6 aromatic carbocycles. The van der Waals surface area contributed by atoms with Crippen molar-refractivity contribution in [1.82, 2.24) is 50.2 Å². The van der Waals surface area contributed by atoms with E-state index < -0.39 is 5.43 Å². The summed E-state index contributed by atoms with van der Waals surface area (Å²) in [6.07, 6.45) is -0.331. The number of aromatic nitrogens is 8. The van der Waals surface area contributed by atoms with Crippen LogP contribution in [0.4, 0.5) is 21.0 Å². The number of ether oxygens (including phenoxy) is 2. The second-order valence-electron chi connectivity index (χ2n) is 18.3. The van der Waals surface area contributed by atoms with Crippen molar-refractivity contribution in [3.05, 3.63) is 178 Å². The van der Waals surface area contributed by atoms with Gasteiger partial charge in [-0.25, -0.2) is 19.8 Å². The Morgan fingerprint density at radius 3 is 1.32 bits per heavy atom. The predicted molar refractivity (Wildman–Crippen MR) is 293 cm³/mol. The number of nitrogens with zero attached hydrogens (tertiary/aromatic N) is 7. The third-order valence-corrected chi connectivity index (χ3v) is 13.4. The molecule has 388 valence electrons. The summed E-state index contributed by atoms with van der Waals surface area (Å²) >= 11 is 4.60. The molecule has 0 spiro atoms. The number of halogens is 1. The Kier molecular flexibility index (Phi) is 14.9. The smallest absolute Gasteiger partial charge is 0.409 e. The molecule has 10 aromatic rings. The average molecular weight is 1050 g/mol. The summed E-state index contributed by atoms with van der Waals surface area (Å²) in [5.74, 6) is 0.204.